The van der Waals surface area contributed by atoms with Gasteiger partial charge in [-0.1, -0.05) is 18.2 Å². The summed E-state index contributed by atoms with van der Waals surface area (Å²) in [5.74, 6) is 6.77. The van der Waals surface area contributed by atoms with Crippen LogP contribution in [0.15, 0.2) is 48.8 Å². The van der Waals surface area contributed by atoms with Crippen molar-refractivity contribution in [2.24, 2.45) is 5.84 Å². The first-order chi connectivity index (χ1) is 13.9. The minimum Gasteiger partial charge on any atom is -0.497 e. The molecule has 8 heteroatoms. The fraction of sp³-hybridized carbons (Fsp3) is 0.238. The summed E-state index contributed by atoms with van der Waals surface area (Å²) in [6.45, 7) is 4.42. The van der Waals surface area contributed by atoms with Crippen LogP contribution in [0, 0.1) is 13.8 Å². The zero-order valence-electron chi connectivity index (χ0n) is 16.5. The second kappa shape index (κ2) is 9.41. The number of rotatable bonds is 8. The Hall–Kier alpha value is -2.39. The molecule has 0 fully saturated rings. The number of carbonyl (C=O) groups is 1. The number of thiol groups is 1. The van der Waals surface area contributed by atoms with E-state index in [0.717, 1.165) is 21.0 Å². The number of ether oxygens (including phenoxy) is 1. The first-order valence-corrected chi connectivity index (χ1v) is 10.4. The minimum atomic E-state index is -0.482. The van der Waals surface area contributed by atoms with Crippen LogP contribution >= 0.6 is 24.0 Å². The first-order valence-electron chi connectivity index (χ1n) is 9.04. The molecule has 3 rings (SSSR count). The van der Waals surface area contributed by atoms with E-state index in [-0.39, 0.29) is 5.78 Å². The average Bonchev–Trinajstić information content (AvgIpc) is 3.01. The molecule has 0 bridgehead atoms. The molecule has 0 spiro atoms. The average molecular weight is 429 g/mol. The van der Waals surface area contributed by atoms with Gasteiger partial charge in [0.15, 0.2) is 5.78 Å². The number of ketones is 1. The number of aryl methyl sites for hydroxylation is 1. The molecule has 1 atom stereocenters. The van der Waals surface area contributed by atoms with Gasteiger partial charge in [0.05, 0.1) is 12.7 Å². The number of carbonyl (C=O) groups excluding carboxylic acids is 1. The van der Waals surface area contributed by atoms with E-state index in [0.29, 0.717) is 23.4 Å². The minimum absolute atomic E-state index is 0.0652. The monoisotopic (exact) mass is 428 g/mol. The Balaban J connectivity index is 1.83. The molecule has 3 aromatic rings. The maximum absolute atomic E-state index is 13.2. The Morgan fingerprint density at radius 1 is 1.34 bits per heavy atom. The maximum atomic E-state index is 13.2. The van der Waals surface area contributed by atoms with E-state index in [9.17, 15) is 4.79 Å². The van der Waals surface area contributed by atoms with Crippen LogP contribution in [0.1, 0.15) is 31.9 Å². The van der Waals surface area contributed by atoms with E-state index in [4.69, 9.17) is 10.6 Å². The molecule has 0 saturated carbocycles. The van der Waals surface area contributed by atoms with Gasteiger partial charge < -0.3 is 10.1 Å². The fourth-order valence-corrected chi connectivity index (χ4v) is 4.28. The summed E-state index contributed by atoms with van der Waals surface area (Å²) in [7, 11) is 1.58. The number of aromatic nitrogens is 1. The van der Waals surface area contributed by atoms with E-state index < -0.39 is 5.50 Å². The van der Waals surface area contributed by atoms with Crippen molar-refractivity contribution >= 4 is 34.7 Å². The highest BCUT2D eigenvalue weighted by Gasteiger charge is 2.23. The van der Waals surface area contributed by atoms with E-state index in [2.05, 4.69) is 22.9 Å². The van der Waals surface area contributed by atoms with Crippen LogP contribution in [0.4, 0.5) is 5.00 Å². The maximum Gasteiger partial charge on any atom is 0.196 e. The van der Waals surface area contributed by atoms with Gasteiger partial charge in [0.1, 0.15) is 16.2 Å². The third-order valence-corrected chi connectivity index (χ3v) is 6.17. The molecular formula is C21H24N4O2S2. The van der Waals surface area contributed by atoms with E-state index >= 15 is 0 Å². The van der Waals surface area contributed by atoms with E-state index in [1.165, 1.54) is 11.3 Å². The number of thiophene rings is 1. The molecule has 152 valence electrons. The highest BCUT2D eigenvalue weighted by molar-refractivity contribution is 7.81. The normalized spacial score (nSPS) is 12.1. The summed E-state index contributed by atoms with van der Waals surface area (Å²) in [5, 5.41) is 5.59. The summed E-state index contributed by atoms with van der Waals surface area (Å²) in [6, 6.07) is 11.0. The van der Waals surface area contributed by atoms with Crippen molar-refractivity contribution in [3.05, 3.63) is 75.9 Å². The molecule has 29 heavy (non-hydrogen) atoms. The SMILES string of the molecule is COc1cccc(C(=O)c2c(NC(S)N(N)Cc3cccnc3)sc(C)c2C)c1. The fourth-order valence-electron chi connectivity index (χ4n) is 2.90. The van der Waals surface area contributed by atoms with Crippen molar-refractivity contribution in [2.75, 3.05) is 12.4 Å². The van der Waals surface area contributed by atoms with Crippen molar-refractivity contribution in [1.82, 2.24) is 9.99 Å². The van der Waals surface area contributed by atoms with Crippen molar-refractivity contribution in [3.8, 4) is 5.75 Å². The highest BCUT2D eigenvalue weighted by Crippen LogP contribution is 2.35. The molecule has 3 N–H and O–H groups in total. The molecule has 6 nitrogen and oxygen atoms in total. The second-order valence-corrected chi connectivity index (χ2v) is 8.31. The molecule has 0 aliphatic rings. The Morgan fingerprint density at radius 2 is 2.14 bits per heavy atom. The number of hydrazine groups is 1. The van der Waals surface area contributed by atoms with Gasteiger partial charge in [-0.3, -0.25) is 15.6 Å². The number of methoxy groups -OCH3 is 1. The molecule has 0 aliphatic heterocycles. The van der Waals surface area contributed by atoms with Gasteiger partial charge in [0, 0.05) is 29.4 Å². The quantitative estimate of drug-likeness (QED) is 0.165. The summed E-state index contributed by atoms with van der Waals surface area (Å²) >= 11 is 6.11. The number of anilines is 1. The molecule has 2 heterocycles. The first kappa shape index (κ1) is 21.3. The Bertz CT molecular complexity index is 992. The topological polar surface area (TPSA) is 80.5 Å². The van der Waals surface area contributed by atoms with Crippen LogP contribution in [0.5, 0.6) is 5.75 Å². The predicted octanol–water partition coefficient (Wildman–Crippen LogP) is 4.00. The van der Waals surface area contributed by atoms with Gasteiger partial charge in [0.25, 0.3) is 0 Å². The van der Waals surface area contributed by atoms with Gasteiger partial charge in [-0.05, 0) is 43.2 Å². The predicted molar refractivity (Wildman–Crippen MR) is 121 cm³/mol. The van der Waals surface area contributed by atoms with Crippen LogP contribution in [0.3, 0.4) is 0 Å². The third kappa shape index (κ3) is 4.97. The highest BCUT2D eigenvalue weighted by atomic mass is 32.1. The van der Waals surface area contributed by atoms with Crippen LogP contribution in [0.2, 0.25) is 0 Å². The lowest BCUT2D eigenvalue weighted by Crippen LogP contribution is -2.41. The van der Waals surface area contributed by atoms with Gasteiger partial charge in [-0.25, -0.2) is 5.01 Å². The Morgan fingerprint density at radius 3 is 2.83 bits per heavy atom. The largest absolute Gasteiger partial charge is 0.497 e. The van der Waals surface area contributed by atoms with Gasteiger partial charge >= 0.3 is 0 Å². The number of hydrogen-bond donors (Lipinski definition) is 3. The molecule has 0 radical (unpaired) electrons. The zero-order chi connectivity index (χ0) is 21.0. The van der Waals surface area contributed by atoms with Crippen LogP contribution in [-0.2, 0) is 6.54 Å². The smallest absolute Gasteiger partial charge is 0.196 e. The van der Waals surface area contributed by atoms with Crippen LogP contribution in [-0.4, -0.2) is 28.4 Å². The number of nitrogens with one attached hydrogen (secondary N) is 1. The number of pyridine rings is 1. The number of nitrogens with zero attached hydrogens (tertiary/aromatic N) is 2. The summed E-state index contributed by atoms with van der Waals surface area (Å²) in [4.78, 5) is 18.4. The Kier molecular flexibility index (Phi) is 6.92. The molecule has 0 amide bonds. The standard InChI is InChI=1S/C21H24N4O2S2/c1-13-14(2)29-20(18(13)19(26)16-7-4-8-17(10-16)27-3)24-21(28)25(22)12-15-6-5-9-23-11-15/h4-11,21,24,28H,12,22H2,1-3H3. The molecule has 2 aromatic heterocycles. The number of nitrogens with two attached hydrogens (primary N) is 1. The van der Waals surface area contributed by atoms with E-state index in [1.54, 1.807) is 36.6 Å². The van der Waals surface area contributed by atoms with Crippen molar-refractivity contribution in [1.29, 1.82) is 0 Å². The third-order valence-electron chi connectivity index (χ3n) is 4.61. The van der Waals surface area contributed by atoms with Crippen LogP contribution < -0.4 is 15.9 Å². The van der Waals surface area contributed by atoms with Crippen molar-refractivity contribution < 1.29 is 9.53 Å². The lowest BCUT2D eigenvalue weighted by atomic mass is 10.0. The molecular weight excluding hydrogens is 404 g/mol. The summed E-state index contributed by atoms with van der Waals surface area (Å²) in [6.07, 6.45) is 3.48. The molecule has 0 aliphatic carbocycles. The second-order valence-electron chi connectivity index (χ2n) is 6.60. The Labute approximate surface area is 180 Å². The zero-order valence-corrected chi connectivity index (χ0v) is 18.3. The van der Waals surface area contributed by atoms with Crippen LogP contribution in [0.25, 0.3) is 0 Å². The lowest BCUT2D eigenvalue weighted by Gasteiger charge is -2.25. The van der Waals surface area contributed by atoms with E-state index in [1.807, 2.05) is 38.1 Å². The molecule has 0 saturated heterocycles. The number of hydrogen-bond acceptors (Lipinski definition) is 8. The summed E-state index contributed by atoms with van der Waals surface area (Å²) in [5.41, 5.74) is 2.65. The van der Waals surface area contributed by atoms with Gasteiger partial charge in [0.2, 0.25) is 0 Å². The van der Waals surface area contributed by atoms with Crippen molar-refractivity contribution in [2.45, 2.75) is 25.9 Å². The lowest BCUT2D eigenvalue weighted by molar-refractivity contribution is 0.103. The molecule has 1 aromatic carbocycles. The van der Waals surface area contributed by atoms with Gasteiger partial charge in [-0.15, -0.1) is 24.0 Å². The van der Waals surface area contributed by atoms with Crippen molar-refractivity contribution in [3.63, 3.8) is 0 Å². The number of benzene rings is 1. The summed E-state index contributed by atoms with van der Waals surface area (Å²) < 4.78 is 5.25. The van der Waals surface area contributed by atoms with Gasteiger partial charge in [-0.2, -0.15) is 0 Å². The molecule has 1 unspecified atom stereocenters.